The highest BCUT2D eigenvalue weighted by Crippen LogP contribution is 2.36. The zero-order valence-corrected chi connectivity index (χ0v) is 10.3. The lowest BCUT2D eigenvalue weighted by atomic mass is 10.0. The number of nitrogens with one attached hydrogen (secondary N) is 1. The summed E-state index contributed by atoms with van der Waals surface area (Å²) in [4.78, 5) is 2.31. The standard InChI is InChI=1S/C11H20N4/c1-6-8-9-10(15(5)13-8)14(4)11(2,3)7-12-9/h12H,6-7H2,1-5H3. The van der Waals surface area contributed by atoms with Gasteiger partial charge >= 0.3 is 0 Å². The van der Waals surface area contributed by atoms with Crippen molar-refractivity contribution in [3.05, 3.63) is 5.69 Å². The zero-order valence-electron chi connectivity index (χ0n) is 10.3. The minimum atomic E-state index is 0.145. The highest BCUT2D eigenvalue weighted by atomic mass is 15.4. The van der Waals surface area contributed by atoms with Crippen LogP contribution in [0.15, 0.2) is 0 Å². The molecule has 1 aromatic heterocycles. The van der Waals surface area contributed by atoms with Crippen LogP contribution in [0.5, 0.6) is 0 Å². The Morgan fingerprint density at radius 2 is 2.07 bits per heavy atom. The molecule has 4 heteroatoms. The molecule has 0 unspecified atom stereocenters. The van der Waals surface area contributed by atoms with Crippen molar-refractivity contribution in [3.8, 4) is 0 Å². The van der Waals surface area contributed by atoms with Crippen LogP contribution in [0.2, 0.25) is 0 Å². The van der Waals surface area contributed by atoms with Gasteiger partial charge in [0, 0.05) is 20.6 Å². The summed E-state index contributed by atoms with van der Waals surface area (Å²) in [6.07, 6.45) is 0.977. The van der Waals surface area contributed by atoms with Crippen LogP contribution in [0.4, 0.5) is 11.5 Å². The molecule has 2 heterocycles. The first-order valence-corrected chi connectivity index (χ1v) is 5.51. The summed E-state index contributed by atoms with van der Waals surface area (Å²) < 4.78 is 1.97. The number of hydrogen-bond donors (Lipinski definition) is 1. The topological polar surface area (TPSA) is 33.1 Å². The van der Waals surface area contributed by atoms with E-state index in [1.54, 1.807) is 0 Å². The molecule has 0 spiro atoms. The van der Waals surface area contributed by atoms with E-state index in [-0.39, 0.29) is 5.54 Å². The van der Waals surface area contributed by atoms with Crippen molar-refractivity contribution in [2.24, 2.45) is 7.05 Å². The quantitative estimate of drug-likeness (QED) is 0.761. The third kappa shape index (κ3) is 1.39. The molecule has 0 aliphatic carbocycles. The van der Waals surface area contributed by atoms with E-state index in [1.807, 2.05) is 11.7 Å². The van der Waals surface area contributed by atoms with Crippen LogP contribution >= 0.6 is 0 Å². The number of hydrogen-bond acceptors (Lipinski definition) is 3. The molecule has 4 nitrogen and oxygen atoms in total. The minimum Gasteiger partial charge on any atom is -0.378 e. The van der Waals surface area contributed by atoms with Gasteiger partial charge in [0.05, 0.1) is 11.2 Å². The summed E-state index contributed by atoms with van der Waals surface area (Å²) in [6, 6.07) is 0. The molecule has 0 atom stereocenters. The van der Waals surface area contributed by atoms with Gasteiger partial charge in [0.1, 0.15) is 5.69 Å². The Morgan fingerprint density at radius 3 is 2.67 bits per heavy atom. The molecule has 0 bridgehead atoms. The van der Waals surface area contributed by atoms with Gasteiger partial charge in [-0.25, -0.2) is 0 Å². The zero-order chi connectivity index (χ0) is 11.2. The lowest BCUT2D eigenvalue weighted by Crippen LogP contribution is -2.50. The Hall–Kier alpha value is -1.19. The van der Waals surface area contributed by atoms with Crippen molar-refractivity contribution in [1.82, 2.24) is 9.78 Å². The number of anilines is 2. The van der Waals surface area contributed by atoms with Crippen molar-refractivity contribution in [3.63, 3.8) is 0 Å². The van der Waals surface area contributed by atoms with E-state index >= 15 is 0 Å². The van der Waals surface area contributed by atoms with E-state index in [2.05, 4.69) is 43.1 Å². The minimum absolute atomic E-state index is 0.145. The van der Waals surface area contributed by atoms with Crippen LogP contribution in [-0.4, -0.2) is 28.9 Å². The second-order valence-corrected chi connectivity index (χ2v) is 4.85. The number of aryl methyl sites for hydroxylation is 2. The van der Waals surface area contributed by atoms with Crippen molar-refractivity contribution < 1.29 is 0 Å². The van der Waals surface area contributed by atoms with E-state index in [0.717, 1.165) is 18.7 Å². The Morgan fingerprint density at radius 1 is 1.40 bits per heavy atom. The van der Waals surface area contributed by atoms with Gasteiger partial charge < -0.3 is 10.2 Å². The fourth-order valence-corrected chi connectivity index (χ4v) is 2.09. The predicted octanol–water partition coefficient (Wildman–Crippen LogP) is 1.62. The molecule has 1 aliphatic heterocycles. The van der Waals surface area contributed by atoms with Gasteiger partial charge in [-0.2, -0.15) is 5.10 Å². The van der Waals surface area contributed by atoms with Crippen LogP contribution in [0, 0.1) is 0 Å². The highest BCUT2D eigenvalue weighted by Gasteiger charge is 2.33. The van der Waals surface area contributed by atoms with Gasteiger partial charge in [-0.1, -0.05) is 6.92 Å². The van der Waals surface area contributed by atoms with E-state index in [1.165, 1.54) is 11.5 Å². The maximum atomic E-state index is 4.54. The second kappa shape index (κ2) is 3.15. The monoisotopic (exact) mass is 208 g/mol. The summed E-state index contributed by atoms with van der Waals surface area (Å²) in [5.41, 5.74) is 2.52. The Labute approximate surface area is 91.3 Å². The predicted molar refractivity (Wildman–Crippen MR) is 63.6 cm³/mol. The maximum absolute atomic E-state index is 4.54. The molecule has 2 rings (SSSR count). The molecule has 0 amide bonds. The summed E-state index contributed by atoms with van der Waals surface area (Å²) in [7, 11) is 4.15. The fourth-order valence-electron chi connectivity index (χ4n) is 2.09. The molecule has 0 fully saturated rings. The molecule has 0 saturated heterocycles. The third-order valence-electron chi connectivity index (χ3n) is 3.35. The molecule has 1 N–H and O–H groups in total. The number of likely N-dealkylation sites (N-methyl/N-ethyl adjacent to an activating group) is 1. The second-order valence-electron chi connectivity index (χ2n) is 4.85. The average molecular weight is 208 g/mol. The molecule has 1 aromatic rings. The van der Waals surface area contributed by atoms with E-state index in [0.29, 0.717) is 0 Å². The van der Waals surface area contributed by atoms with Crippen molar-refractivity contribution in [1.29, 1.82) is 0 Å². The summed E-state index contributed by atoms with van der Waals surface area (Å²) in [5, 5.41) is 8.04. The Kier molecular flexibility index (Phi) is 2.17. The lowest BCUT2D eigenvalue weighted by Gasteiger charge is -2.41. The van der Waals surface area contributed by atoms with Gasteiger partial charge in [-0.15, -0.1) is 0 Å². The summed E-state index contributed by atoms with van der Waals surface area (Å²) >= 11 is 0. The van der Waals surface area contributed by atoms with Crippen molar-refractivity contribution in [2.75, 3.05) is 23.8 Å². The van der Waals surface area contributed by atoms with Crippen LogP contribution in [0.1, 0.15) is 26.5 Å². The molecule has 15 heavy (non-hydrogen) atoms. The van der Waals surface area contributed by atoms with Crippen LogP contribution in [-0.2, 0) is 13.5 Å². The van der Waals surface area contributed by atoms with E-state index in [4.69, 9.17) is 0 Å². The van der Waals surface area contributed by atoms with Gasteiger partial charge in [-0.3, -0.25) is 4.68 Å². The molecular weight excluding hydrogens is 188 g/mol. The van der Waals surface area contributed by atoms with Crippen molar-refractivity contribution >= 4 is 11.5 Å². The highest BCUT2D eigenvalue weighted by molar-refractivity contribution is 5.72. The lowest BCUT2D eigenvalue weighted by molar-refractivity contribution is 0.489. The molecule has 0 saturated carbocycles. The van der Waals surface area contributed by atoms with Gasteiger partial charge in [0.2, 0.25) is 0 Å². The van der Waals surface area contributed by atoms with Gasteiger partial charge in [0.15, 0.2) is 5.82 Å². The van der Waals surface area contributed by atoms with Crippen molar-refractivity contribution in [2.45, 2.75) is 32.7 Å². The van der Waals surface area contributed by atoms with Crippen LogP contribution < -0.4 is 10.2 Å². The number of aromatic nitrogens is 2. The Bertz CT molecular complexity index is 378. The number of fused-ring (bicyclic) bond motifs is 1. The molecule has 84 valence electrons. The maximum Gasteiger partial charge on any atom is 0.150 e. The SMILES string of the molecule is CCc1nn(C)c2c1NCC(C)(C)N2C. The third-order valence-corrected chi connectivity index (χ3v) is 3.35. The fraction of sp³-hybridized carbons (Fsp3) is 0.727. The van der Waals surface area contributed by atoms with Crippen LogP contribution in [0.25, 0.3) is 0 Å². The molecule has 0 radical (unpaired) electrons. The van der Waals surface area contributed by atoms with E-state index in [9.17, 15) is 0 Å². The smallest absolute Gasteiger partial charge is 0.150 e. The molecular formula is C11H20N4. The van der Waals surface area contributed by atoms with Gasteiger partial charge in [-0.05, 0) is 20.3 Å². The summed E-state index contributed by atoms with van der Waals surface area (Å²) in [6.45, 7) is 7.59. The summed E-state index contributed by atoms with van der Waals surface area (Å²) in [5.74, 6) is 1.20. The largest absolute Gasteiger partial charge is 0.378 e. The molecule has 0 aromatic carbocycles. The first-order chi connectivity index (χ1) is 6.97. The average Bonchev–Trinajstić information content (AvgIpc) is 2.49. The first-order valence-electron chi connectivity index (χ1n) is 5.51. The number of rotatable bonds is 1. The van der Waals surface area contributed by atoms with E-state index < -0.39 is 0 Å². The first kappa shape index (κ1) is 10.3. The Balaban J connectivity index is 2.52. The van der Waals surface area contributed by atoms with Crippen LogP contribution in [0.3, 0.4) is 0 Å². The van der Waals surface area contributed by atoms with Gasteiger partial charge in [0.25, 0.3) is 0 Å². The normalized spacial score (nSPS) is 18.6. The number of nitrogens with zero attached hydrogens (tertiary/aromatic N) is 3. The molecule has 1 aliphatic rings.